The Labute approximate surface area is 169 Å². The summed E-state index contributed by atoms with van der Waals surface area (Å²) in [6.07, 6.45) is 1.73. The van der Waals surface area contributed by atoms with Crippen molar-refractivity contribution in [1.29, 1.82) is 0 Å². The van der Waals surface area contributed by atoms with Crippen LogP contribution in [0.15, 0.2) is 45.5 Å². The maximum Gasteiger partial charge on any atom is 0.243 e. The number of fused-ring (bicyclic) bond motifs is 1. The summed E-state index contributed by atoms with van der Waals surface area (Å²) < 4.78 is 28.1. The molecule has 0 spiro atoms. The van der Waals surface area contributed by atoms with E-state index >= 15 is 0 Å². The summed E-state index contributed by atoms with van der Waals surface area (Å²) in [6, 6.07) is 8.93. The molecule has 1 N–H and O–H groups in total. The standard InChI is InChI=1S/C19H24N2O3S3/c1-3-4-9-21(12-15-6-5-10-25-15)27(23,24)16-7-8-18-17(11-16)20-19(22)14(2)13-26-18/h5-8,10-11,14H,3-4,9,12-13H2,1-2H3,(H,20,22)/t14-/m0/s1. The molecule has 1 aliphatic rings. The number of thiophene rings is 1. The number of hydrogen-bond acceptors (Lipinski definition) is 5. The maximum absolute atomic E-state index is 13.3. The molecular weight excluding hydrogens is 400 g/mol. The number of unbranched alkanes of at least 4 members (excludes halogenated alkanes) is 1. The lowest BCUT2D eigenvalue weighted by Crippen LogP contribution is -2.31. The Morgan fingerprint density at radius 3 is 2.81 bits per heavy atom. The van der Waals surface area contributed by atoms with E-state index < -0.39 is 10.0 Å². The van der Waals surface area contributed by atoms with Crippen molar-refractivity contribution >= 4 is 44.7 Å². The molecule has 1 aromatic carbocycles. The molecule has 3 rings (SSSR count). The molecule has 27 heavy (non-hydrogen) atoms. The molecule has 2 heterocycles. The molecule has 0 saturated heterocycles. The third-order valence-corrected chi connectivity index (χ3v) is 8.49. The molecule has 0 bridgehead atoms. The lowest BCUT2D eigenvalue weighted by atomic mass is 10.2. The fourth-order valence-corrected chi connectivity index (χ4v) is 6.08. The van der Waals surface area contributed by atoms with Crippen molar-refractivity contribution in [3.63, 3.8) is 0 Å². The number of amides is 1. The Balaban J connectivity index is 1.92. The lowest BCUT2D eigenvalue weighted by molar-refractivity contribution is -0.118. The lowest BCUT2D eigenvalue weighted by Gasteiger charge is -2.22. The number of anilines is 1. The Hall–Kier alpha value is -1.35. The highest BCUT2D eigenvalue weighted by Gasteiger charge is 2.27. The molecule has 8 heteroatoms. The number of sulfonamides is 1. The molecule has 1 amide bonds. The molecular formula is C19H24N2O3S3. The van der Waals surface area contributed by atoms with E-state index in [1.54, 1.807) is 45.6 Å². The van der Waals surface area contributed by atoms with Crippen LogP contribution in [0.1, 0.15) is 31.6 Å². The molecule has 0 unspecified atom stereocenters. The third-order valence-electron chi connectivity index (χ3n) is 4.46. The predicted molar refractivity (Wildman–Crippen MR) is 112 cm³/mol. The summed E-state index contributed by atoms with van der Waals surface area (Å²) in [5, 5.41) is 4.83. The van der Waals surface area contributed by atoms with E-state index in [-0.39, 0.29) is 16.7 Å². The molecule has 0 fully saturated rings. The maximum atomic E-state index is 13.3. The quantitative estimate of drug-likeness (QED) is 0.714. The zero-order valence-corrected chi connectivity index (χ0v) is 17.9. The summed E-state index contributed by atoms with van der Waals surface area (Å²) in [5.41, 5.74) is 0.585. The van der Waals surface area contributed by atoms with E-state index in [0.717, 1.165) is 22.6 Å². The molecule has 0 radical (unpaired) electrons. The molecule has 1 aromatic heterocycles. The fraction of sp³-hybridized carbons (Fsp3) is 0.421. The fourth-order valence-electron chi connectivity index (χ4n) is 2.78. The van der Waals surface area contributed by atoms with Gasteiger partial charge in [0.25, 0.3) is 0 Å². The van der Waals surface area contributed by atoms with Gasteiger partial charge in [0.1, 0.15) is 0 Å². The first kappa shape index (κ1) is 20.4. The van der Waals surface area contributed by atoms with Gasteiger partial charge < -0.3 is 5.32 Å². The smallest absolute Gasteiger partial charge is 0.243 e. The van der Waals surface area contributed by atoms with Crippen molar-refractivity contribution in [1.82, 2.24) is 4.31 Å². The van der Waals surface area contributed by atoms with E-state index in [4.69, 9.17) is 0 Å². The van der Waals surface area contributed by atoms with Gasteiger partial charge in [-0.15, -0.1) is 23.1 Å². The zero-order valence-electron chi connectivity index (χ0n) is 15.5. The van der Waals surface area contributed by atoms with Crippen LogP contribution >= 0.6 is 23.1 Å². The highest BCUT2D eigenvalue weighted by atomic mass is 32.2. The highest BCUT2D eigenvalue weighted by Crippen LogP contribution is 2.35. The van der Waals surface area contributed by atoms with Gasteiger partial charge in [0, 0.05) is 34.5 Å². The van der Waals surface area contributed by atoms with Crippen molar-refractivity contribution in [2.45, 2.75) is 43.0 Å². The van der Waals surface area contributed by atoms with Gasteiger partial charge in [0.2, 0.25) is 15.9 Å². The van der Waals surface area contributed by atoms with Crippen molar-refractivity contribution in [2.75, 3.05) is 17.6 Å². The first-order valence-corrected chi connectivity index (χ1v) is 12.3. The summed E-state index contributed by atoms with van der Waals surface area (Å²) >= 11 is 3.13. The first-order chi connectivity index (χ1) is 12.9. The zero-order chi connectivity index (χ0) is 19.4. The minimum absolute atomic E-state index is 0.0720. The minimum atomic E-state index is -3.65. The van der Waals surface area contributed by atoms with Crippen LogP contribution in [0.5, 0.6) is 0 Å². The van der Waals surface area contributed by atoms with Gasteiger partial charge in [-0.3, -0.25) is 4.79 Å². The van der Waals surface area contributed by atoms with Gasteiger partial charge in [-0.25, -0.2) is 8.42 Å². The molecule has 0 saturated carbocycles. The van der Waals surface area contributed by atoms with Crippen LogP contribution in [0, 0.1) is 5.92 Å². The largest absolute Gasteiger partial charge is 0.325 e. The normalized spacial score (nSPS) is 17.4. The van der Waals surface area contributed by atoms with E-state index in [2.05, 4.69) is 5.32 Å². The van der Waals surface area contributed by atoms with E-state index in [1.807, 2.05) is 31.4 Å². The van der Waals surface area contributed by atoms with Crippen LogP contribution in [-0.2, 0) is 21.4 Å². The number of thioether (sulfide) groups is 1. The Morgan fingerprint density at radius 2 is 2.11 bits per heavy atom. The number of carbonyl (C=O) groups is 1. The van der Waals surface area contributed by atoms with Crippen LogP contribution in [0.3, 0.4) is 0 Å². The summed E-state index contributed by atoms with van der Waals surface area (Å²) in [6.45, 7) is 4.77. The van der Waals surface area contributed by atoms with Crippen molar-refractivity contribution < 1.29 is 13.2 Å². The second kappa shape index (κ2) is 8.77. The Morgan fingerprint density at radius 1 is 1.30 bits per heavy atom. The number of nitrogens with one attached hydrogen (secondary N) is 1. The molecule has 146 valence electrons. The summed E-state index contributed by atoms with van der Waals surface area (Å²) in [7, 11) is -3.65. The number of nitrogens with zero attached hydrogens (tertiary/aromatic N) is 1. The summed E-state index contributed by atoms with van der Waals surface area (Å²) in [5.74, 6) is 0.505. The van der Waals surface area contributed by atoms with Crippen LogP contribution in [0.4, 0.5) is 5.69 Å². The van der Waals surface area contributed by atoms with Gasteiger partial charge in [-0.1, -0.05) is 26.3 Å². The molecule has 5 nitrogen and oxygen atoms in total. The van der Waals surface area contributed by atoms with Crippen LogP contribution in [-0.4, -0.2) is 30.9 Å². The average Bonchev–Trinajstić information content (AvgIpc) is 3.11. The monoisotopic (exact) mass is 424 g/mol. The minimum Gasteiger partial charge on any atom is -0.325 e. The van der Waals surface area contributed by atoms with Crippen LogP contribution in [0.25, 0.3) is 0 Å². The van der Waals surface area contributed by atoms with Gasteiger partial charge in [0.05, 0.1) is 10.6 Å². The molecule has 0 aliphatic carbocycles. The van der Waals surface area contributed by atoms with Crippen molar-refractivity contribution in [2.24, 2.45) is 5.92 Å². The number of rotatable bonds is 7. The average molecular weight is 425 g/mol. The van der Waals surface area contributed by atoms with Gasteiger partial charge in [0.15, 0.2) is 0 Å². The van der Waals surface area contributed by atoms with Crippen molar-refractivity contribution in [3.05, 3.63) is 40.6 Å². The van der Waals surface area contributed by atoms with Gasteiger partial charge >= 0.3 is 0 Å². The number of benzene rings is 1. The summed E-state index contributed by atoms with van der Waals surface area (Å²) in [4.78, 5) is 14.3. The Kier molecular flexibility index (Phi) is 6.62. The predicted octanol–water partition coefficient (Wildman–Crippen LogP) is 4.42. The topological polar surface area (TPSA) is 66.5 Å². The van der Waals surface area contributed by atoms with Crippen LogP contribution < -0.4 is 5.32 Å². The number of carbonyl (C=O) groups excluding carboxylic acids is 1. The van der Waals surface area contributed by atoms with Gasteiger partial charge in [-0.2, -0.15) is 4.31 Å². The van der Waals surface area contributed by atoms with E-state index in [1.165, 1.54) is 0 Å². The number of hydrogen-bond donors (Lipinski definition) is 1. The van der Waals surface area contributed by atoms with Crippen molar-refractivity contribution in [3.8, 4) is 0 Å². The third kappa shape index (κ3) is 4.74. The second-order valence-corrected chi connectivity index (χ2v) is 10.7. The SMILES string of the molecule is CCCCN(Cc1cccs1)S(=O)(=O)c1ccc2c(c1)NC(=O)[C@@H](C)CS2. The van der Waals surface area contributed by atoms with Crippen LogP contribution in [0.2, 0.25) is 0 Å². The van der Waals surface area contributed by atoms with Gasteiger partial charge in [-0.05, 0) is 36.1 Å². The highest BCUT2D eigenvalue weighted by molar-refractivity contribution is 7.99. The molecule has 1 atom stereocenters. The van der Waals surface area contributed by atoms with E-state index in [9.17, 15) is 13.2 Å². The first-order valence-electron chi connectivity index (χ1n) is 9.02. The molecule has 1 aliphatic heterocycles. The molecule has 2 aromatic rings. The van der Waals surface area contributed by atoms with E-state index in [0.29, 0.717) is 24.5 Å². The Bertz CT molecular complexity index is 895. The second-order valence-electron chi connectivity index (χ2n) is 6.63.